The van der Waals surface area contributed by atoms with Gasteiger partial charge in [-0.25, -0.2) is 4.98 Å². The largest absolute Gasteiger partial charge is 0.417 e. The highest BCUT2D eigenvalue weighted by atomic mass is 19.4. The number of nitrogens with one attached hydrogen (secondary N) is 1. The van der Waals surface area contributed by atoms with Crippen molar-refractivity contribution in [3.63, 3.8) is 0 Å². The van der Waals surface area contributed by atoms with Gasteiger partial charge < -0.3 is 10.2 Å². The maximum atomic E-state index is 13.0. The highest BCUT2D eigenvalue weighted by Crippen LogP contribution is 2.41. The summed E-state index contributed by atoms with van der Waals surface area (Å²) in [7, 11) is 0. The lowest BCUT2D eigenvalue weighted by molar-refractivity contribution is -0.137. The monoisotopic (exact) mass is 522 g/mol. The van der Waals surface area contributed by atoms with Gasteiger partial charge in [0.2, 0.25) is 5.91 Å². The lowest BCUT2D eigenvalue weighted by Gasteiger charge is -2.39. The van der Waals surface area contributed by atoms with Crippen molar-refractivity contribution in [3.8, 4) is 11.1 Å². The standard InChI is InChI=1S/C30H33F3N4O/c1-20-16-27(35-29-13-11-25(18-34-29)30(31,32)33)26-17-24(10-12-28(26)37(20)21(2)38)23-8-6-22(7-9-23)19-36-14-4-3-5-15-36/h6-13,17-18,20,27H,3-5,14-16,19H2,1-2H3,(H,34,35). The maximum Gasteiger partial charge on any atom is 0.417 e. The Morgan fingerprint density at radius 3 is 2.34 bits per heavy atom. The van der Waals surface area contributed by atoms with Gasteiger partial charge in [0.1, 0.15) is 5.82 Å². The molecule has 0 bridgehead atoms. The molecule has 0 spiro atoms. The summed E-state index contributed by atoms with van der Waals surface area (Å²) in [5, 5.41) is 3.32. The summed E-state index contributed by atoms with van der Waals surface area (Å²) in [6.45, 7) is 6.80. The summed E-state index contributed by atoms with van der Waals surface area (Å²) in [6.07, 6.45) is 0.865. The highest BCUT2D eigenvalue weighted by molar-refractivity contribution is 5.94. The van der Waals surface area contributed by atoms with Crippen LogP contribution in [0.15, 0.2) is 60.8 Å². The molecule has 0 radical (unpaired) electrons. The number of anilines is 2. The molecule has 2 aromatic carbocycles. The van der Waals surface area contributed by atoms with E-state index in [1.165, 1.54) is 30.9 Å². The van der Waals surface area contributed by atoms with Gasteiger partial charge in [-0.2, -0.15) is 13.2 Å². The number of fused-ring (bicyclic) bond motifs is 1. The third-order valence-electron chi connectivity index (χ3n) is 7.57. The van der Waals surface area contributed by atoms with Crippen LogP contribution in [-0.4, -0.2) is 34.9 Å². The SMILES string of the molecule is CC(=O)N1c2ccc(-c3ccc(CN4CCCCC4)cc3)cc2C(Nc2ccc(C(F)(F)F)cn2)CC1C. The zero-order valence-electron chi connectivity index (χ0n) is 21.8. The minimum atomic E-state index is -4.43. The van der Waals surface area contributed by atoms with E-state index < -0.39 is 11.7 Å². The fraction of sp³-hybridized carbons (Fsp3) is 0.400. The van der Waals surface area contributed by atoms with E-state index in [0.29, 0.717) is 12.2 Å². The molecule has 0 aliphatic carbocycles. The smallest absolute Gasteiger partial charge is 0.363 e. The molecule has 200 valence electrons. The van der Waals surface area contributed by atoms with Gasteiger partial charge >= 0.3 is 6.18 Å². The van der Waals surface area contributed by atoms with E-state index in [-0.39, 0.29) is 18.0 Å². The van der Waals surface area contributed by atoms with Crippen molar-refractivity contribution < 1.29 is 18.0 Å². The number of halogens is 3. The van der Waals surface area contributed by atoms with Crippen LogP contribution in [0.25, 0.3) is 11.1 Å². The van der Waals surface area contributed by atoms with Crippen LogP contribution in [0.3, 0.4) is 0 Å². The Balaban J connectivity index is 1.42. The van der Waals surface area contributed by atoms with Gasteiger partial charge in [0, 0.05) is 31.4 Å². The molecule has 5 rings (SSSR count). The molecule has 2 unspecified atom stereocenters. The minimum absolute atomic E-state index is 0.0420. The van der Waals surface area contributed by atoms with E-state index in [4.69, 9.17) is 0 Å². The Morgan fingerprint density at radius 1 is 1.00 bits per heavy atom. The van der Waals surface area contributed by atoms with Crippen LogP contribution in [0, 0.1) is 0 Å². The number of hydrogen-bond acceptors (Lipinski definition) is 4. The average Bonchev–Trinajstić information content (AvgIpc) is 2.89. The summed E-state index contributed by atoms with van der Waals surface area (Å²) in [5.74, 6) is 0.324. The van der Waals surface area contributed by atoms with Crippen molar-refractivity contribution in [3.05, 3.63) is 77.5 Å². The van der Waals surface area contributed by atoms with E-state index >= 15 is 0 Å². The molecule has 8 heteroatoms. The predicted octanol–water partition coefficient (Wildman–Crippen LogP) is 7.05. The van der Waals surface area contributed by atoms with Crippen LogP contribution in [-0.2, 0) is 17.5 Å². The predicted molar refractivity (Wildman–Crippen MR) is 144 cm³/mol. The fourth-order valence-corrected chi connectivity index (χ4v) is 5.66. The number of hydrogen-bond donors (Lipinski definition) is 1. The topological polar surface area (TPSA) is 48.5 Å². The average molecular weight is 523 g/mol. The first-order valence-electron chi connectivity index (χ1n) is 13.2. The van der Waals surface area contributed by atoms with Crippen LogP contribution in [0.4, 0.5) is 24.7 Å². The van der Waals surface area contributed by atoms with Gasteiger partial charge in [-0.3, -0.25) is 9.69 Å². The second-order valence-electron chi connectivity index (χ2n) is 10.4. The number of amides is 1. The van der Waals surface area contributed by atoms with E-state index in [1.54, 1.807) is 11.8 Å². The second kappa shape index (κ2) is 10.8. The molecule has 0 saturated carbocycles. The lowest BCUT2D eigenvalue weighted by atomic mass is 9.89. The van der Waals surface area contributed by atoms with Crippen molar-refractivity contribution in [1.82, 2.24) is 9.88 Å². The first-order chi connectivity index (χ1) is 18.2. The molecule has 2 atom stereocenters. The molecule has 1 saturated heterocycles. The summed E-state index contributed by atoms with van der Waals surface area (Å²) >= 11 is 0. The lowest BCUT2D eigenvalue weighted by Crippen LogP contribution is -2.43. The summed E-state index contributed by atoms with van der Waals surface area (Å²) < 4.78 is 39.0. The van der Waals surface area contributed by atoms with Gasteiger partial charge in [-0.15, -0.1) is 0 Å². The van der Waals surface area contributed by atoms with Crippen LogP contribution in [0.2, 0.25) is 0 Å². The zero-order chi connectivity index (χ0) is 26.9. The van der Waals surface area contributed by atoms with Gasteiger partial charge in [0.15, 0.2) is 0 Å². The van der Waals surface area contributed by atoms with Crippen molar-refractivity contribution in [2.24, 2.45) is 0 Å². The third kappa shape index (κ3) is 5.70. The first kappa shape index (κ1) is 26.2. The Bertz CT molecular complexity index is 1270. The number of rotatable bonds is 5. The minimum Gasteiger partial charge on any atom is -0.363 e. The number of nitrogens with zero attached hydrogens (tertiary/aromatic N) is 3. The Kier molecular flexibility index (Phi) is 7.43. The number of carbonyl (C=O) groups is 1. The number of aromatic nitrogens is 1. The van der Waals surface area contributed by atoms with Crippen LogP contribution >= 0.6 is 0 Å². The van der Waals surface area contributed by atoms with Gasteiger partial charge in [0.25, 0.3) is 0 Å². The molecule has 2 aliphatic heterocycles. The Morgan fingerprint density at radius 2 is 1.71 bits per heavy atom. The first-order valence-corrected chi connectivity index (χ1v) is 13.2. The molecule has 1 amide bonds. The van der Waals surface area contributed by atoms with Crippen molar-refractivity contribution >= 4 is 17.4 Å². The number of carbonyl (C=O) groups excluding carboxylic acids is 1. The number of alkyl halides is 3. The molecule has 3 heterocycles. The molecular weight excluding hydrogens is 489 g/mol. The molecule has 38 heavy (non-hydrogen) atoms. The number of likely N-dealkylation sites (tertiary alicyclic amines) is 1. The molecule has 2 aliphatic rings. The molecule has 1 aromatic heterocycles. The van der Waals surface area contributed by atoms with E-state index in [0.717, 1.165) is 54.3 Å². The van der Waals surface area contributed by atoms with E-state index in [9.17, 15) is 18.0 Å². The highest BCUT2D eigenvalue weighted by Gasteiger charge is 2.34. The molecular formula is C30H33F3N4O. The zero-order valence-corrected chi connectivity index (χ0v) is 21.8. The van der Waals surface area contributed by atoms with Crippen LogP contribution < -0.4 is 10.2 Å². The summed E-state index contributed by atoms with van der Waals surface area (Å²) in [4.78, 5) is 20.8. The molecule has 1 fully saturated rings. The molecule has 1 N–H and O–H groups in total. The Hall–Kier alpha value is -3.39. The third-order valence-corrected chi connectivity index (χ3v) is 7.57. The van der Waals surface area contributed by atoms with Gasteiger partial charge in [0.05, 0.1) is 11.6 Å². The normalized spacial score (nSPS) is 20.2. The number of benzene rings is 2. The molecule has 3 aromatic rings. The van der Waals surface area contributed by atoms with Crippen LogP contribution in [0.5, 0.6) is 0 Å². The van der Waals surface area contributed by atoms with Crippen LogP contribution in [0.1, 0.15) is 62.3 Å². The van der Waals surface area contributed by atoms with E-state index in [2.05, 4.69) is 45.5 Å². The number of piperidine rings is 1. The molecule has 5 nitrogen and oxygen atoms in total. The second-order valence-corrected chi connectivity index (χ2v) is 10.4. The number of pyridine rings is 1. The van der Waals surface area contributed by atoms with Crippen molar-refractivity contribution in [2.45, 2.75) is 64.3 Å². The van der Waals surface area contributed by atoms with E-state index in [1.807, 2.05) is 19.1 Å². The quantitative estimate of drug-likeness (QED) is 0.390. The Labute approximate surface area is 221 Å². The van der Waals surface area contributed by atoms with Gasteiger partial charge in [-0.1, -0.05) is 36.8 Å². The fourth-order valence-electron chi connectivity index (χ4n) is 5.66. The van der Waals surface area contributed by atoms with Crippen molar-refractivity contribution in [1.29, 1.82) is 0 Å². The van der Waals surface area contributed by atoms with Gasteiger partial charge in [-0.05, 0) is 85.8 Å². The maximum absolute atomic E-state index is 13.0. The van der Waals surface area contributed by atoms with Crippen molar-refractivity contribution in [2.75, 3.05) is 23.3 Å². The summed E-state index contributed by atoms with van der Waals surface area (Å²) in [6, 6.07) is 16.8. The summed E-state index contributed by atoms with van der Waals surface area (Å²) in [5.41, 5.74) is 4.35.